The number of benzene rings is 2. The van der Waals surface area contributed by atoms with Crippen LogP contribution in [0.3, 0.4) is 0 Å². The van der Waals surface area contributed by atoms with Gasteiger partial charge in [0.15, 0.2) is 0 Å². The van der Waals surface area contributed by atoms with Crippen molar-refractivity contribution in [2.75, 3.05) is 0 Å². The second kappa shape index (κ2) is 6.89. The molecule has 3 aromatic rings. The van der Waals surface area contributed by atoms with Crippen LogP contribution in [0.25, 0.3) is 5.69 Å². The SMILES string of the molecule is Cc1cc(CO)c(C)n1-c1ccc(OCc2ccccc2F)cc1. The summed E-state index contributed by atoms with van der Waals surface area (Å²) in [4.78, 5) is 0. The Hall–Kier alpha value is -2.59. The lowest BCUT2D eigenvalue weighted by Gasteiger charge is -2.12. The van der Waals surface area contributed by atoms with Gasteiger partial charge in [0.1, 0.15) is 18.2 Å². The predicted molar refractivity (Wildman–Crippen MR) is 91.9 cm³/mol. The quantitative estimate of drug-likeness (QED) is 0.759. The van der Waals surface area contributed by atoms with E-state index in [1.54, 1.807) is 18.2 Å². The molecule has 0 amide bonds. The number of ether oxygens (including phenoxy) is 1. The fraction of sp³-hybridized carbons (Fsp3) is 0.200. The number of aromatic nitrogens is 1. The van der Waals surface area contributed by atoms with Crippen LogP contribution >= 0.6 is 0 Å². The van der Waals surface area contributed by atoms with Crippen LogP contribution in [0.1, 0.15) is 22.5 Å². The van der Waals surface area contributed by atoms with Crippen molar-refractivity contribution < 1.29 is 14.2 Å². The molecule has 1 heterocycles. The van der Waals surface area contributed by atoms with Crippen molar-refractivity contribution in [3.05, 3.63) is 82.9 Å². The molecule has 124 valence electrons. The summed E-state index contributed by atoms with van der Waals surface area (Å²) in [6.45, 7) is 4.22. The van der Waals surface area contributed by atoms with Gasteiger partial charge >= 0.3 is 0 Å². The third-order valence-electron chi connectivity index (χ3n) is 4.15. The van der Waals surface area contributed by atoms with Crippen LogP contribution in [-0.2, 0) is 13.2 Å². The fourth-order valence-corrected chi connectivity index (χ4v) is 2.85. The van der Waals surface area contributed by atoms with E-state index in [0.717, 1.165) is 22.6 Å². The molecule has 0 fully saturated rings. The topological polar surface area (TPSA) is 34.4 Å². The van der Waals surface area contributed by atoms with Crippen LogP contribution in [0.5, 0.6) is 5.75 Å². The Bertz CT molecular complexity index is 837. The molecule has 0 bridgehead atoms. The first-order valence-corrected chi connectivity index (χ1v) is 7.85. The number of hydrogen-bond acceptors (Lipinski definition) is 2. The molecule has 2 aromatic carbocycles. The largest absolute Gasteiger partial charge is 0.489 e. The minimum Gasteiger partial charge on any atom is -0.489 e. The minimum absolute atomic E-state index is 0.0313. The first-order chi connectivity index (χ1) is 11.6. The Balaban J connectivity index is 1.77. The molecule has 0 spiro atoms. The summed E-state index contributed by atoms with van der Waals surface area (Å²) in [6.07, 6.45) is 0. The summed E-state index contributed by atoms with van der Waals surface area (Å²) in [5, 5.41) is 9.38. The maximum atomic E-state index is 13.6. The van der Waals surface area contributed by atoms with Gasteiger partial charge in [-0.05, 0) is 55.8 Å². The molecule has 0 saturated heterocycles. The van der Waals surface area contributed by atoms with Gasteiger partial charge in [-0.1, -0.05) is 18.2 Å². The van der Waals surface area contributed by atoms with Gasteiger partial charge in [0.2, 0.25) is 0 Å². The molecule has 0 atom stereocenters. The highest BCUT2D eigenvalue weighted by Crippen LogP contribution is 2.23. The highest BCUT2D eigenvalue weighted by Gasteiger charge is 2.10. The van der Waals surface area contributed by atoms with Gasteiger partial charge in [0.25, 0.3) is 0 Å². The number of aliphatic hydroxyl groups excluding tert-OH is 1. The van der Waals surface area contributed by atoms with Crippen LogP contribution in [0, 0.1) is 19.7 Å². The van der Waals surface area contributed by atoms with Crippen LogP contribution in [0.4, 0.5) is 4.39 Å². The van der Waals surface area contributed by atoms with E-state index in [1.165, 1.54) is 6.07 Å². The molecular weight excluding hydrogens is 305 g/mol. The van der Waals surface area contributed by atoms with E-state index < -0.39 is 0 Å². The Labute approximate surface area is 140 Å². The van der Waals surface area contributed by atoms with E-state index in [4.69, 9.17) is 4.74 Å². The average molecular weight is 325 g/mol. The van der Waals surface area contributed by atoms with Gasteiger partial charge in [0, 0.05) is 22.6 Å². The Morgan fingerprint density at radius 1 is 1.00 bits per heavy atom. The highest BCUT2D eigenvalue weighted by molar-refractivity contribution is 5.43. The van der Waals surface area contributed by atoms with Gasteiger partial charge in [0.05, 0.1) is 6.61 Å². The highest BCUT2D eigenvalue weighted by atomic mass is 19.1. The molecule has 3 rings (SSSR count). The molecule has 0 aliphatic rings. The minimum atomic E-state index is -0.260. The van der Waals surface area contributed by atoms with Crippen molar-refractivity contribution in [3.8, 4) is 11.4 Å². The maximum Gasteiger partial charge on any atom is 0.129 e. The van der Waals surface area contributed by atoms with Crippen LogP contribution in [0.2, 0.25) is 0 Å². The van der Waals surface area contributed by atoms with Crippen molar-refractivity contribution >= 4 is 0 Å². The molecule has 0 saturated carbocycles. The number of hydrogen-bond donors (Lipinski definition) is 1. The van der Waals surface area contributed by atoms with Crippen LogP contribution < -0.4 is 4.74 Å². The number of aryl methyl sites for hydroxylation is 1. The summed E-state index contributed by atoms with van der Waals surface area (Å²) in [5.74, 6) is 0.427. The van der Waals surface area contributed by atoms with E-state index in [0.29, 0.717) is 11.3 Å². The summed E-state index contributed by atoms with van der Waals surface area (Å²) in [7, 11) is 0. The molecule has 1 N–H and O–H groups in total. The Morgan fingerprint density at radius 3 is 2.33 bits per heavy atom. The van der Waals surface area contributed by atoms with E-state index in [2.05, 4.69) is 4.57 Å². The first kappa shape index (κ1) is 16.3. The van der Waals surface area contributed by atoms with Crippen molar-refractivity contribution in [2.45, 2.75) is 27.1 Å². The summed E-state index contributed by atoms with van der Waals surface area (Å²) in [6, 6.07) is 16.2. The van der Waals surface area contributed by atoms with E-state index in [1.807, 2.05) is 44.2 Å². The molecule has 0 aliphatic carbocycles. The zero-order valence-electron chi connectivity index (χ0n) is 13.8. The van der Waals surface area contributed by atoms with Gasteiger partial charge in [-0.3, -0.25) is 0 Å². The van der Waals surface area contributed by atoms with E-state index in [-0.39, 0.29) is 19.0 Å². The van der Waals surface area contributed by atoms with Crippen molar-refractivity contribution in [1.82, 2.24) is 4.57 Å². The zero-order valence-corrected chi connectivity index (χ0v) is 13.8. The fourth-order valence-electron chi connectivity index (χ4n) is 2.85. The molecule has 1 aromatic heterocycles. The second-order valence-corrected chi connectivity index (χ2v) is 5.76. The number of halogens is 1. The summed E-state index contributed by atoms with van der Waals surface area (Å²) < 4.78 is 21.3. The predicted octanol–water partition coefficient (Wildman–Crippen LogP) is 4.30. The number of aliphatic hydroxyl groups is 1. The number of rotatable bonds is 5. The van der Waals surface area contributed by atoms with Crippen LogP contribution in [-0.4, -0.2) is 9.67 Å². The smallest absolute Gasteiger partial charge is 0.129 e. The maximum absolute atomic E-state index is 13.6. The third-order valence-corrected chi connectivity index (χ3v) is 4.15. The standard InChI is InChI=1S/C20H20FNO2/c1-14-11-17(12-23)15(2)22(14)18-7-9-19(10-8-18)24-13-16-5-3-4-6-20(16)21/h3-11,23H,12-13H2,1-2H3. The van der Waals surface area contributed by atoms with Crippen molar-refractivity contribution in [1.29, 1.82) is 0 Å². The zero-order chi connectivity index (χ0) is 17.1. The second-order valence-electron chi connectivity index (χ2n) is 5.76. The lowest BCUT2D eigenvalue weighted by Crippen LogP contribution is -2.01. The summed E-state index contributed by atoms with van der Waals surface area (Å²) >= 11 is 0. The molecule has 24 heavy (non-hydrogen) atoms. The summed E-state index contributed by atoms with van der Waals surface area (Å²) in [5.41, 5.74) is 4.55. The van der Waals surface area contributed by atoms with Gasteiger partial charge in [-0.2, -0.15) is 0 Å². The number of nitrogens with zero attached hydrogens (tertiary/aromatic N) is 1. The molecule has 0 aliphatic heterocycles. The molecular formula is C20H20FNO2. The lowest BCUT2D eigenvalue weighted by atomic mass is 10.2. The molecule has 3 nitrogen and oxygen atoms in total. The monoisotopic (exact) mass is 325 g/mol. The van der Waals surface area contributed by atoms with Crippen molar-refractivity contribution in [2.24, 2.45) is 0 Å². The van der Waals surface area contributed by atoms with E-state index in [9.17, 15) is 9.50 Å². The Morgan fingerprint density at radius 2 is 1.71 bits per heavy atom. The Kier molecular flexibility index (Phi) is 4.67. The van der Waals surface area contributed by atoms with Gasteiger partial charge in [-0.15, -0.1) is 0 Å². The third kappa shape index (κ3) is 3.19. The van der Waals surface area contributed by atoms with Crippen molar-refractivity contribution in [3.63, 3.8) is 0 Å². The van der Waals surface area contributed by atoms with Gasteiger partial charge < -0.3 is 14.4 Å². The molecule has 0 radical (unpaired) electrons. The average Bonchev–Trinajstić information content (AvgIpc) is 2.88. The normalized spacial score (nSPS) is 10.8. The lowest BCUT2D eigenvalue weighted by molar-refractivity contribution is 0.281. The van der Waals surface area contributed by atoms with Crippen LogP contribution in [0.15, 0.2) is 54.6 Å². The van der Waals surface area contributed by atoms with Gasteiger partial charge in [-0.25, -0.2) is 4.39 Å². The first-order valence-electron chi connectivity index (χ1n) is 7.85. The molecule has 4 heteroatoms. The van der Waals surface area contributed by atoms with E-state index >= 15 is 0 Å². The molecule has 0 unspecified atom stereocenters.